The fourth-order valence-corrected chi connectivity index (χ4v) is 3.70. The van der Waals surface area contributed by atoms with Gasteiger partial charge in [-0.15, -0.1) is 0 Å². The molecule has 1 aliphatic rings. The number of hydrogen-bond acceptors (Lipinski definition) is 2. The number of aryl methyl sites for hydroxylation is 1. The van der Waals surface area contributed by atoms with Gasteiger partial charge < -0.3 is 9.80 Å². The lowest BCUT2D eigenvalue weighted by molar-refractivity contribution is -0.134. The summed E-state index contributed by atoms with van der Waals surface area (Å²) in [6, 6.07) is 5.82. The van der Waals surface area contributed by atoms with Crippen LogP contribution in [0.1, 0.15) is 51.5 Å². The van der Waals surface area contributed by atoms with Crippen LogP contribution in [0.4, 0.5) is 5.69 Å². The van der Waals surface area contributed by atoms with E-state index in [1.54, 1.807) is 11.0 Å². The molecule has 0 saturated carbocycles. The van der Waals surface area contributed by atoms with Crippen LogP contribution in [-0.2, 0) is 9.59 Å². The summed E-state index contributed by atoms with van der Waals surface area (Å²) in [5.74, 6) is 0.0957. The highest BCUT2D eigenvalue weighted by atomic mass is 35.5. The molecule has 1 aromatic carbocycles. The van der Waals surface area contributed by atoms with Crippen LogP contribution in [0.5, 0.6) is 0 Å². The molecule has 0 radical (unpaired) electrons. The Hall–Kier alpha value is -1.55. The van der Waals surface area contributed by atoms with Crippen LogP contribution in [0.2, 0.25) is 5.02 Å². The highest BCUT2D eigenvalue weighted by molar-refractivity contribution is 6.30. The first-order valence-electron chi connectivity index (χ1n) is 8.77. The standard InChI is InChI=1S/C19H27ClN2O2/c1-4-17-7-5-6-11-22(17)19(24)10-12-21(15(3)23)18-9-8-16(20)13-14(18)2/h8-9,13,17H,4-7,10-12H2,1-3H3. The van der Waals surface area contributed by atoms with Gasteiger partial charge in [-0.05, 0) is 56.4 Å². The number of hydrogen-bond donors (Lipinski definition) is 0. The molecule has 1 saturated heterocycles. The molecule has 24 heavy (non-hydrogen) atoms. The van der Waals surface area contributed by atoms with E-state index in [2.05, 4.69) is 6.92 Å². The molecule has 1 unspecified atom stereocenters. The molecule has 1 aliphatic heterocycles. The first-order chi connectivity index (χ1) is 11.4. The number of anilines is 1. The van der Waals surface area contributed by atoms with E-state index in [-0.39, 0.29) is 11.8 Å². The zero-order chi connectivity index (χ0) is 17.7. The zero-order valence-electron chi connectivity index (χ0n) is 14.8. The second kappa shape index (κ2) is 8.52. The Morgan fingerprint density at radius 2 is 2.08 bits per heavy atom. The van der Waals surface area contributed by atoms with E-state index in [4.69, 9.17) is 11.6 Å². The molecule has 1 atom stereocenters. The number of rotatable bonds is 5. The highest BCUT2D eigenvalue weighted by Crippen LogP contribution is 2.25. The average Bonchev–Trinajstić information content (AvgIpc) is 2.56. The fourth-order valence-electron chi connectivity index (χ4n) is 3.47. The molecule has 5 heteroatoms. The lowest BCUT2D eigenvalue weighted by atomic mass is 9.99. The van der Waals surface area contributed by atoms with Crippen molar-refractivity contribution in [2.45, 2.75) is 58.9 Å². The maximum atomic E-state index is 12.6. The Labute approximate surface area is 149 Å². The van der Waals surface area contributed by atoms with Crippen LogP contribution in [-0.4, -0.2) is 35.8 Å². The number of nitrogens with zero attached hydrogens (tertiary/aromatic N) is 2. The summed E-state index contributed by atoms with van der Waals surface area (Å²) in [4.78, 5) is 28.4. The molecule has 2 rings (SSSR count). The molecule has 4 nitrogen and oxygen atoms in total. The highest BCUT2D eigenvalue weighted by Gasteiger charge is 2.26. The van der Waals surface area contributed by atoms with Crippen molar-refractivity contribution >= 4 is 29.1 Å². The van der Waals surface area contributed by atoms with E-state index in [1.807, 2.05) is 24.0 Å². The maximum Gasteiger partial charge on any atom is 0.224 e. The van der Waals surface area contributed by atoms with Gasteiger partial charge in [0.05, 0.1) is 0 Å². The molecule has 0 N–H and O–H groups in total. The van der Waals surface area contributed by atoms with Crippen LogP contribution in [0, 0.1) is 6.92 Å². The molecular weight excluding hydrogens is 324 g/mol. The van der Waals surface area contributed by atoms with Gasteiger partial charge in [-0.3, -0.25) is 9.59 Å². The van der Waals surface area contributed by atoms with Crippen LogP contribution in [0.15, 0.2) is 18.2 Å². The predicted molar refractivity (Wildman–Crippen MR) is 98.5 cm³/mol. The van der Waals surface area contributed by atoms with Crippen LogP contribution in [0.25, 0.3) is 0 Å². The molecule has 0 aliphatic carbocycles. The quantitative estimate of drug-likeness (QED) is 0.799. The Kier molecular flexibility index (Phi) is 6.67. The predicted octanol–water partition coefficient (Wildman–Crippen LogP) is 4.18. The van der Waals surface area contributed by atoms with E-state index >= 15 is 0 Å². The van der Waals surface area contributed by atoms with E-state index in [0.717, 1.165) is 37.1 Å². The number of amides is 2. The summed E-state index contributed by atoms with van der Waals surface area (Å²) in [5.41, 5.74) is 1.76. The van der Waals surface area contributed by atoms with Crippen molar-refractivity contribution in [2.75, 3.05) is 18.0 Å². The smallest absolute Gasteiger partial charge is 0.224 e. The van der Waals surface area contributed by atoms with Gasteiger partial charge >= 0.3 is 0 Å². The van der Waals surface area contributed by atoms with Crippen molar-refractivity contribution in [1.82, 2.24) is 4.90 Å². The molecule has 2 amide bonds. The topological polar surface area (TPSA) is 40.6 Å². The van der Waals surface area contributed by atoms with Gasteiger partial charge in [0.1, 0.15) is 0 Å². The van der Waals surface area contributed by atoms with Crippen molar-refractivity contribution < 1.29 is 9.59 Å². The largest absolute Gasteiger partial charge is 0.340 e. The number of piperidine rings is 1. The second-order valence-corrected chi connectivity index (χ2v) is 6.93. The fraction of sp³-hybridized carbons (Fsp3) is 0.579. The number of benzene rings is 1. The summed E-state index contributed by atoms with van der Waals surface area (Å²) < 4.78 is 0. The van der Waals surface area contributed by atoms with Gasteiger partial charge in [-0.2, -0.15) is 0 Å². The Morgan fingerprint density at radius 3 is 2.71 bits per heavy atom. The number of carbonyl (C=O) groups excluding carboxylic acids is 2. The normalized spacial score (nSPS) is 17.7. The Morgan fingerprint density at radius 1 is 1.33 bits per heavy atom. The third kappa shape index (κ3) is 4.50. The van der Waals surface area contributed by atoms with Crippen LogP contribution >= 0.6 is 11.6 Å². The summed E-state index contributed by atoms with van der Waals surface area (Å²) in [6.45, 7) is 6.85. The van der Waals surface area contributed by atoms with Crippen molar-refractivity contribution in [2.24, 2.45) is 0 Å². The lowest BCUT2D eigenvalue weighted by Crippen LogP contribution is -2.44. The maximum absolute atomic E-state index is 12.6. The minimum absolute atomic E-state index is 0.0566. The molecule has 0 spiro atoms. The molecule has 0 bridgehead atoms. The molecular formula is C19H27ClN2O2. The number of halogens is 1. The van der Waals surface area contributed by atoms with Gasteiger partial charge in [0.2, 0.25) is 11.8 Å². The zero-order valence-corrected chi connectivity index (χ0v) is 15.6. The van der Waals surface area contributed by atoms with E-state index < -0.39 is 0 Å². The van der Waals surface area contributed by atoms with Gasteiger partial charge in [0.15, 0.2) is 0 Å². The van der Waals surface area contributed by atoms with Gasteiger partial charge in [-0.25, -0.2) is 0 Å². The third-order valence-electron chi connectivity index (χ3n) is 4.80. The minimum atomic E-state index is -0.0566. The van der Waals surface area contributed by atoms with E-state index in [9.17, 15) is 9.59 Å². The van der Waals surface area contributed by atoms with Crippen LogP contribution < -0.4 is 4.90 Å². The molecule has 1 heterocycles. The van der Waals surface area contributed by atoms with Gasteiger partial charge in [0.25, 0.3) is 0 Å². The summed E-state index contributed by atoms with van der Waals surface area (Å²) in [6.07, 6.45) is 4.73. The summed E-state index contributed by atoms with van der Waals surface area (Å²) in [7, 11) is 0. The number of likely N-dealkylation sites (tertiary alicyclic amines) is 1. The van der Waals surface area contributed by atoms with Crippen molar-refractivity contribution in [1.29, 1.82) is 0 Å². The monoisotopic (exact) mass is 350 g/mol. The summed E-state index contributed by atoms with van der Waals surface area (Å²) >= 11 is 6.00. The lowest BCUT2D eigenvalue weighted by Gasteiger charge is -2.36. The first-order valence-corrected chi connectivity index (χ1v) is 9.15. The SMILES string of the molecule is CCC1CCCCN1C(=O)CCN(C(C)=O)c1ccc(Cl)cc1C. The molecule has 0 aromatic heterocycles. The Balaban J connectivity index is 2.06. The minimum Gasteiger partial charge on any atom is -0.340 e. The molecule has 1 fully saturated rings. The first kappa shape index (κ1) is 18.8. The summed E-state index contributed by atoms with van der Waals surface area (Å²) in [5, 5.41) is 0.648. The Bertz CT molecular complexity index is 603. The van der Waals surface area contributed by atoms with Crippen molar-refractivity contribution in [3.05, 3.63) is 28.8 Å². The van der Waals surface area contributed by atoms with E-state index in [1.165, 1.54) is 13.3 Å². The third-order valence-corrected chi connectivity index (χ3v) is 5.03. The van der Waals surface area contributed by atoms with Gasteiger partial charge in [0, 0.05) is 43.2 Å². The molecule has 132 valence electrons. The van der Waals surface area contributed by atoms with Crippen molar-refractivity contribution in [3.8, 4) is 0 Å². The second-order valence-electron chi connectivity index (χ2n) is 6.50. The van der Waals surface area contributed by atoms with E-state index in [0.29, 0.717) is 24.0 Å². The number of carbonyl (C=O) groups is 2. The molecule has 1 aromatic rings. The van der Waals surface area contributed by atoms with Gasteiger partial charge in [-0.1, -0.05) is 18.5 Å². The van der Waals surface area contributed by atoms with Crippen molar-refractivity contribution in [3.63, 3.8) is 0 Å². The average molecular weight is 351 g/mol. The van der Waals surface area contributed by atoms with Crippen LogP contribution in [0.3, 0.4) is 0 Å².